The maximum Gasteiger partial charge on any atom is 0.135 e. The first kappa shape index (κ1) is 33.4. The summed E-state index contributed by atoms with van der Waals surface area (Å²) in [7, 11) is 0. The molecule has 9 aromatic rings. The van der Waals surface area contributed by atoms with Crippen molar-refractivity contribution in [3.8, 4) is 5.69 Å². The molecule has 9 rings (SSSR count). The molecule has 0 aliphatic heterocycles. The number of fused-ring (bicyclic) bond motifs is 9. The van der Waals surface area contributed by atoms with Crippen molar-refractivity contribution in [3.05, 3.63) is 188 Å². The van der Waals surface area contributed by atoms with Crippen LogP contribution >= 0.6 is 0 Å². The maximum atomic E-state index is 6.75. The number of para-hydroxylation sites is 4. The van der Waals surface area contributed by atoms with Gasteiger partial charge in [-0.2, -0.15) is 0 Å². The van der Waals surface area contributed by atoms with Gasteiger partial charge in [0.05, 0.1) is 22.1 Å². The summed E-state index contributed by atoms with van der Waals surface area (Å²) in [5.41, 5.74) is 17.5. The smallest absolute Gasteiger partial charge is 0.135 e. The molecule has 0 aliphatic rings. The molecule has 0 saturated heterocycles. The van der Waals surface area contributed by atoms with Gasteiger partial charge in [0.25, 0.3) is 0 Å². The van der Waals surface area contributed by atoms with Crippen LogP contribution in [0.25, 0.3) is 82.6 Å². The monoisotopic (exact) mass is 687 g/mol. The SMILES string of the molecule is C/C(=C\C=C(/N)n1c2ccccc2c2ccccc21)c1ccc2oc3ccc(-n4c5ccccc5c5ccccc54)cc3c2c1.C=C(C)/C=C\C=C/C. The van der Waals surface area contributed by atoms with Gasteiger partial charge in [0.15, 0.2) is 0 Å². The van der Waals surface area contributed by atoms with Crippen LogP contribution in [0.5, 0.6) is 0 Å². The van der Waals surface area contributed by atoms with E-state index in [1.165, 1.54) is 32.6 Å². The van der Waals surface area contributed by atoms with Gasteiger partial charge in [-0.1, -0.05) is 121 Å². The third kappa shape index (κ3) is 6.15. The highest BCUT2D eigenvalue weighted by Gasteiger charge is 2.15. The molecule has 0 unspecified atom stereocenters. The van der Waals surface area contributed by atoms with Crippen molar-refractivity contribution in [1.82, 2.24) is 9.13 Å². The van der Waals surface area contributed by atoms with Gasteiger partial charge in [-0.05, 0) is 92.6 Å². The summed E-state index contributed by atoms with van der Waals surface area (Å²) < 4.78 is 10.8. The molecule has 0 saturated carbocycles. The molecule has 4 nitrogen and oxygen atoms in total. The summed E-state index contributed by atoms with van der Waals surface area (Å²) in [4.78, 5) is 0. The van der Waals surface area contributed by atoms with Crippen LogP contribution in [0.4, 0.5) is 0 Å². The zero-order valence-electron chi connectivity index (χ0n) is 30.3. The second-order valence-corrected chi connectivity index (χ2v) is 13.4. The number of hydrogen-bond donors (Lipinski definition) is 1. The summed E-state index contributed by atoms with van der Waals surface area (Å²) in [6, 6.07) is 46.9. The van der Waals surface area contributed by atoms with Crippen LogP contribution < -0.4 is 5.73 Å². The number of aromatic nitrogens is 2. The number of nitrogens with zero attached hydrogens (tertiary/aromatic N) is 2. The average molecular weight is 688 g/mol. The van der Waals surface area contributed by atoms with Crippen molar-refractivity contribution in [2.45, 2.75) is 20.8 Å². The summed E-state index contributed by atoms with van der Waals surface area (Å²) in [6.45, 7) is 9.79. The second-order valence-electron chi connectivity index (χ2n) is 13.4. The molecule has 3 heterocycles. The van der Waals surface area contributed by atoms with Crippen molar-refractivity contribution in [2.75, 3.05) is 0 Å². The van der Waals surface area contributed by atoms with E-state index in [1.54, 1.807) is 0 Å². The fraction of sp³-hybridized carbons (Fsp3) is 0.0612. The van der Waals surface area contributed by atoms with Gasteiger partial charge < -0.3 is 14.7 Å². The molecule has 0 radical (unpaired) electrons. The van der Waals surface area contributed by atoms with E-state index in [0.29, 0.717) is 5.82 Å². The number of furan rings is 1. The molecule has 3 aromatic heterocycles. The Morgan fingerprint density at radius 3 is 1.66 bits per heavy atom. The quantitative estimate of drug-likeness (QED) is 0.177. The van der Waals surface area contributed by atoms with Crippen molar-refractivity contribution in [2.24, 2.45) is 5.73 Å². The second kappa shape index (κ2) is 14.1. The van der Waals surface area contributed by atoms with Crippen LogP contribution in [0.1, 0.15) is 26.3 Å². The van der Waals surface area contributed by atoms with E-state index < -0.39 is 0 Å². The summed E-state index contributed by atoms with van der Waals surface area (Å²) in [5.74, 6) is 0.678. The minimum Gasteiger partial charge on any atom is -0.456 e. The molecule has 6 aromatic carbocycles. The van der Waals surface area contributed by atoms with Crippen molar-refractivity contribution in [1.29, 1.82) is 0 Å². The normalized spacial score (nSPS) is 12.7. The lowest BCUT2D eigenvalue weighted by atomic mass is 10.0. The Morgan fingerprint density at radius 1 is 0.585 bits per heavy atom. The van der Waals surface area contributed by atoms with Gasteiger partial charge in [-0.15, -0.1) is 0 Å². The van der Waals surface area contributed by atoms with Crippen LogP contribution in [-0.2, 0) is 0 Å². The van der Waals surface area contributed by atoms with E-state index in [1.807, 2.05) is 44.2 Å². The van der Waals surface area contributed by atoms with E-state index in [0.717, 1.165) is 55.4 Å². The highest BCUT2D eigenvalue weighted by atomic mass is 16.3. The Balaban J connectivity index is 0.000000452. The average Bonchev–Trinajstić information content (AvgIpc) is 3.84. The van der Waals surface area contributed by atoms with Crippen LogP contribution in [0.2, 0.25) is 0 Å². The summed E-state index contributed by atoms with van der Waals surface area (Å²) in [6.07, 6.45) is 12.0. The Labute approximate surface area is 309 Å². The summed E-state index contributed by atoms with van der Waals surface area (Å²) >= 11 is 0. The number of allylic oxidation sites excluding steroid dienone is 8. The van der Waals surface area contributed by atoms with Crippen molar-refractivity contribution < 1.29 is 4.42 Å². The number of benzene rings is 6. The predicted octanol–water partition coefficient (Wildman–Crippen LogP) is 13.3. The third-order valence-corrected chi connectivity index (χ3v) is 9.77. The Bertz CT molecular complexity index is 2850. The number of rotatable bonds is 6. The zero-order valence-corrected chi connectivity index (χ0v) is 30.3. The predicted molar refractivity (Wildman–Crippen MR) is 228 cm³/mol. The van der Waals surface area contributed by atoms with Crippen molar-refractivity contribution in [3.63, 3.8) is 0 Å². The first-order valence-corrected chi connectivity index (χ1v) is 18.0. The first-order chi connectivity index (χ1) is 25.9. The van der Waals surface area contributed by atoms with Crippen LogP contribution in [0, 0.1) is 0 Å². The molecule has 2 N–H and O–H groups in total. The molecule has 0 aliphatic carbocycles. The maximum absolute atomic E-state index is 6.75. The van der Waals surface area contributed by atoms with Crippen LogP contribution in [0.15, 0.2) is 186 Å². The lowest BCUT2D eigenvalue weighted by Gasteiger charge is -2.08. The highest BCUT2D eigenvalue weighted by molar-refractivity contribution is 6.11. The first-order valence-electron chi connectivity index (χ1n) is 18.0. The fourth-order valence-corrected chi connectivity index (χ4v) is 7.26. The molecule has 0 spiro atoms. The lowest BCUT2D eigenvalue weighted by molar-refractivity contribution is 0.669. The Kier molecular flexibility index (Phi) is 8.87. The topological polar surface area (TPSA) is 49.0 Å². The lowest BCUT2D eigenvalue weighted by Crippen LogP contribution is -2.05. The fourth-order valence-electron chi connectivity index (χ4n) is 7.26. The van der Waals surface area contributed by atoms with E-state index in [4.69, 9.17) is 10.2 Å². The third-order valence-electron chi connectivity index (χ3n) is 9.77. The largest absolute Gasteiger partial charge is 0.456 e. The minimum absolute atomic E-state index is 0.678. The molecular formula is C49H41N3O. The molecule has 0 fully saturated rings. The van der Waals surface area contributed by atoms with E-state index in [9.17, 15) is 0 Å². The number of nitrogens with two attached hydrogens (primary N) is 1. The van der Waals surface area contributed by atoms with Gasteiger partial charge in [0.2, 0.25) is 0 Å². The molecule has 258 valence electrons. The number of hydrogen-bond acceptors (Lipinski definition) is 2. The van der Waals surface area contributed by atoms with Crippen LogP contribution in [-0.4, -0.2) is 9.13 Å². The minimum atomic E-state index is 0.678. The summed E-state index contributed by atoms with van der Waals surface area (Å²) in [5, 5.41) is 7.09. The van der Waals surface area contributed by atoms with E-state index in [2.05, 4.69) is 162 Å². The molecule has 0 amide bonds. The van der Waals surface area contributed by atoms with Gasteiger partial charge in [-0.3, -0.25) is 4.57 Å². The van der Waals surface area contributed by atoms with Gasteiger partial charge >= 0.3 is 0 Å². The Hall–Kier alpha value is -6.78. The molecule has 53 heavy (non-hydrogen) atoms. The Morgan fingerprint density at radius 2 is 1.09 bits per heavy atom. The molecule has 0 atom stereocenters. The van der Waals surface area contributed by atoms with Gasteiger partial charge in [0.1, 0.15) is 17.0 Å². The van der Waals surface area contributed by atoms with Gasteiger partial charge in [-0.25, -0.2) is 0 Å². The van der Waals surface area contributed by atoms with E-state index in [-0.39, 0.29) is 0 Å². The highest BCUT2D eigenvalue weighted by Crippen LogP contribution is 2.36. The molecular weight excluding hydrogens is 647 g/mol. The van der Waals surface area contributed by atoms with E-state index >= 15 is 0 Å². The molecule has 0 bridgehead atoms. The zero-order chi connectivity index (χ0) is 36.5. The van der Waals surface area contributed by atoms with Crippen molar-refractivity contribution >= 4 is 76.9 Å². The van der Waals surface area contributed by atoms with Gasteiger partial charge in [0, 0.05) is 38.0 Å². The van der Waals surface area contributed by atoms with Crippen LogP contribution in [0.3, 0.4) is 0 Å². The molecule has 4 heteroatoms. The standard InChI is InChI=1S/C41H29N3O.C8H12/c1-26(18-23-41(42)44-37-16-8-4-12-31(37)32-13-5-9-17-38(32)44)27-19-21-39-33(24-27)34-25-28(20-22-40(34)45-39)43-35-14-6-2-10-29(35)30-11-3-7-15-36(30)43;1-4-5-6-7-8(2)3/h2-25H,42H2,1H3;4-7H,2H2,1,3H3/b26-18+,41-23+;5-4-,7-6-.